The summed E-state index contributed by atoms with van der Waals surface area (Å²) in [6.45, 7) is 5.54. The van der Waals surface area contributed by atoms with E-state index >= 15 is 0 Å². The molecule has 0 radical (unpaired) electrons. The van der Waals surface area contributed by atoms with Gasteiger partial charge in [0, 0.05) is 12.9 Å². The fourth-order valence-corrected chi connectivity index (χ4v) is 4.42. The molecule has 0 saturated carbocycles. The van der Waals surface area contributed by atoms with Crippen LogP contribution in [-0.2, 0) is 18.7 Å². The summed E-state index contributed by atoms with van der Waals surface area (Å²) in [4.78, 5) is 22.5. The van der Waals surface area contributed by atoms with Crippen molar-refractivity contribution in [3.8, 4) is 11.1 Å². The topological polar surface area (TPSA) is 80.7 Å². The number of hydrogen-bond acceptors (Lipinski definition) is 4. The van der Waals surface area contributed by atoms with Crippen molar-refractivity contribution in [2.75, 3.05) is 13.3 Å². The Balaban J connectivity index is 2.48. The molecule has 7 heteroatoms. The van der Waals surface area contributed by atoms with E-state index in [4.69, 9.17) is 9.63 Å². The lowest BCUT2D eigenvalue weighted by Crippen LogP contribution is -2.11. The summed E-state index contributed by atoms with van der Waals surface area (Å²) in [5.74, 6) is -0.895. The first-order chi connectivity index (χ1) is 13.5. The maximum atomic E-state index is 13.7. The van der Waals surface area contributed by atoms with Crippen molar-refractivity contribution < 1.29 is 28.2 Å². The first-order valence-corrected chi connectivity index (χ1v) is 10.9. The summed E-state index contributed by atoms with van der Waals surface area (Å²) in [7, 11) is -2.26. The molecule has 1 unspecified atom stereocenters. The van der Waals surface area contributed by atoms with Crippen molar-refractivity contribution in [1.29, 1.82) is 0 Å². The molecule has 0 aromatic heterocycles. The number of aryl methyl sites for hydroxylation is 3. The molecule has 0 bridgehead atoms. The summed E-state index contributed by atoms with van der Waals surface area (Å²) in [5.41, 5.74) is 4.86. The Bertz CT molecular complexity index is 1030. The molecule has 0 aliphatic carbocycles. The van der Waals surface area contributed by atoms with Gasteiger partial charge in [-0.3, -0.25) is 14.2 Å². The summed E-state index contributed by atoms with van der Waals surface area (Å²) in [6.07, 6.45) is 0.439. The third kappa shape index (κ3) is 5.96. The van der Waals surface area contributed by atoms with E-state index in [1.807, 2.05) is 26.0 Å². The summed E-state index contributed by atoms with van der Waals surface area (Å²) >= 11 is 0. The Morgan fingerprint density at radius 3 is 2.41 bits per heavy atom. The SMILES string of the molecule is COP(=O)(C=Cc1c(C)cc(C)cc1-c1ccc(F)c(C)c1)CC(=O)CC(=O)O. The Hall–Kier alpha value is -2.56. The van der Waals surface area contributed by atoms with Gasteiger partial charge in [0.2, 0.25) is 7.37 Å². The minimum Gasteiger partial charge on any atom is -0.481 e. The van der Waals surface area contributed by atoms with Crippen LogP contribution in [0.5, 0.6) is 0 Å². The first-order valence-electron chi connectivity index (χ1n) is 8.99. The highest BCUT2D eigenvalue weighted by Gasteiger charge is 2.24. The van der Waals surface area contributed by atoms with E-state index in [0.717, 1.165) is 27.8 Å². The highest BCUT2D eigenvalue weighted by atomic mass is 31.2. The van der Waals surface area contributed by atoms with Crippen LogP contribution in [0, 0.1) is 26.6 Å². The molecule has 2 rings (SSSR count). The Morgan fingerprint density at radius 1 is 1.14 bits per heavy atom. The number of carboxylic acids is 1. The monoisotopic (exact) mass is 418 g/mol. The second kappa shape index (κ2) is 9.29. The van der Waals surface area contributed by atoms with E-state index in [1.54, 1.807) is 25.1 Å². The van der Waals surface area contributed by atoms with Crippen LogP contribution in [0.3, 0.4) is 0 Å². The van der Waals surface area contributed by atoms with Crippen LogP contribution in [0.2, 0.25) is 0 Å². The summed E-state index contributed by atoms with van der Waals surface area (Å²) in [5, 5.41) is 8.73. The van der Waals surface area contributed by atoms with Crippen LogP contribution in [0.1, 0.15) is 28.7 Å². The van der Waals surface area contributed by atoms with E-state index in [1.165, 1.54) is 19.0 Å². The largest absolute Gasteiger partial charge is 0.481 e. The van der Waals surface area contributed by atoms with E-state index < -0.39 is 31.7 Å². The van der Waals surface area contributed by atoms with Crippen LogP contribution in [-0.4, -0.2) is 30.1 Å². The quantitative estimate of drug-likeness (QED) is 0.461. The van der Waals surface area contributed by atoms with Gasteiger partial charge in [-0.2, -0.15) is 0 Å². The molecule has 0 heterocycles. The zero-order valence-electron chi connectivity index (χ0n) is 16.9. The van der Waals surface area contributed by atoms with Gasteiger partial charge < -0.3 is 9.63 Å². The molecule has 0 aliphatic heterocycles. The Morgan fingerprint density at radius 2 is 1.83 bits per heavy atom. The Kier molecular flexibility index (Phi) is 7.28. The maximum absolute atomic E-state index is 13.7. The summed E-state index contributed by atoms with van der Waals surface area (Å²) in [6, 6.07) is 8.74. The average Bonchev–Trinajstić information content (AvgIpc) is 2.62. The number of carboxylic acid groups (broad SMARTS) is 1. The smallest absolute Gasteiger partial charge is 0.310 e. The number of rotatable bonds is 8. The minimum atomic E-state index is -3.49. The molecule has 0 saturated heterocycles. The van der Waals surface area contributed by atoms with Crippen molar-refractivity contribution in [2.45, 2.75) is 27.2 Å². The van der Waals surface area contributed by atoms with E-state index in [9.17, 15) is 18.5 Å². The lowest BCUT2D eigenvalue weighted by Gasteiger charge is -2.14. The molecular weight excluding hydrogens is 394 g/mol. The number of carbonyl (C=O) groups excluding carboxylic acids is 1. The van der Waals surface area contributed by atoms with Crippen molar-refractivity contribution in [3.05, 3.63) is 64.2 Å². The van der Waals surface area contributed by atoms with Gasteiger partial charge in [-0.05, 0) is 66.8 Å². The first kappa shape index (κ1) is 22.7. The number of ketones is 1. The van der Waals surface area contributed by atoms with Gasteiger partial charge in [-0.25, -0.2) is 4.39 Å². The molecule has 2 aromatic rings. The van der Waals surface area contributed by atoms with Crippen LogP contribution in [0.15, 0.2) is 36.1 Å². The maximum Gasteiger partial charge on any atom is 0.310 e. The zero-order valence-corrected chi connectivity index (χ0v) is 17.8. The second-order valence-electron chi connectivity index (χ2n) is 7.00. The van der Waals surface area contributed by atoms with Gasteiger partial charge in [0.15, 0.2) is 5.78 Å². The van der Waals surface area contributed by atoms with Crippen LogP contribution < -0.4 is 0 Å². The zero-order chi connectivity index (χ0) is 21.8. The van der Waals surface area contributed by atoms with Crippen molar-refractivity contribution in [3.63, 3.8) is 0 Å². The number of Topliss-reactive ketones (excluding diaryl/α,β-unsaturated/α-hetero) is 1. The number of hydrogen-bond donors (Lipinski definition) is 1. The lowest BCUT2D eigenvalue weighted by molar-refractivity contribution is -0.139. The average molecular weight is 418 g/mol. The number of carbonyl (C=O) groups is 2. The van der Waals surface area contributed by atoms with Crippen LogP contribution in [0.4, 0.5) is 4.39 Å². The molecule has 0 amide bonds. The van der Waals surface area contributed by atoms with Gasteiger partial charge in [-0.15, -0.1) is 0 Å². The number of halogens is 1. The van der Waals surface area contributed by atoms with Crippen LogP contribution >= 0.6 is 7.37 Å². The Labute approximate surface area is 169 Å². The van der Waals surface area contributed by atoms with Gasteiger partial charge in [-0.1, -0.05) is 23.8 Å². The van der Waals surface area contributed by atoms with Gasteiger partial charge >= 0.3 is 5.97 Å². The molecule has 29 heavy (non-hydrogen) atoms. The molecular formula is C22H24FO5P. The normalized spacial score (nSPS) is 13.4. The number of benzene rings is 2. The fraction of sp³-hybridized carbons (Fsp3) is 0.273. The van der Waals surface area contributed by atoms with Gasteiger partial charge in [0.1, 0.15) is 12.2 Å². The highest BCUT2D eigenvalue weighted by molar-refractivity contribution is 7.63. The molecule has 0 aliphatic rings. The molecule has 0 fully saturated rings. The minimum absolute atomic E-state index is 0.295. The predicted molar refractivity (Wildman–Crippen MR) is 112 cm³/mol. The standard InChI is InChI=1S/C22H24FO5P/c1-14-9-15(2)19(20(10-14)17-5-6-21(23)16(3)11-17)7-8-29(27,28-4)13-18(24)12-22(25)26/h5-11H,12-13H2,1-4H3,(H,25,26). The molecule has 5 nitrogen and oxygen atoms in total. The van der Waals surface area contributed by atoms with Crippen LogP contribution in [0.25, 0.3) is 17.2 Å². The molecule has 1 atom stereocenters. The third-order valence-electron chi connectivity index (χ3n) is 4.52. The highest BCUT2D eigenvalue weighted by Crippen LogP contribution is 2.48. The molecule has 2 aromatic carbocycles. The lowest BCUT2D eigenvalue weighted by atomic mass is 9.93. The second-order valence-corrected chi connectivity index (χ2v) is 9.43. The van der Waals surface area contributed by atoms with E-state index in [-0.39, 0.29) is 5.82 Å². The van der Waals surface area contributed by atoms with Crippen molar-refractivity contribution in [1.82, 2.24) is 0 Å². The van der Waals surface area contributed by atoms with Crippen molar-refractivity contribution in [2.24, 2.45) is 0 Å². The fourth-order valence-electron chi connectivity index (χ4n) is 3.09. The van der Waals surface area contributed by atoms with Crippen molar-refractivity contribution >= 4 is 25.2 Å². The van der Waals surface area contributed by atoms with E-state index in [2.05, 4.69) is 0 Å². The summed E-state index contributed by atoms with van der Waals surface area (Å²) < 4.78 is 31.7. The molecule has 0 spiro atoms. The van der Waals surface area contributed by atoms with Gasteiger partial charge in [0.25, 0.3) is 0 Å². The predicted octanol–water partition coefficient (Wildman–Crippen LogP) is 5.36. The van der Waals surface area contributed by atoms with Gasteiger partial charge in [0.05, 0.1) is 6.16 Å². The number of aliphatic carboxylic acids is 1. The third-order valence-corrected chi connectivity index (χ3v) is 6.54. The van der Waals surface area contributed by atoms with E-state index in [0.29, 0.717) is 5.56 Å². The molecule has 1 N–H and O–H groups in total. The molecule has 154 valence electrons.